The van der Waals surface area contributed by atoms with Crippen molar-refractivity contribution in [1.82, 2.24) is 5.32 Å². The van der Waals surface area contributed by atoms with Crippen molar-refractivity contribution in [3.05, 3.63) is 10.4 Å². The molecule has 1 N–H and O–H groups in total. The number of rotatable bonds is 19. The molecule has 0 aromatic carbocycles. The molecule has 0 radical (unpaired) electrons. The lowest BCUT2D eigenvalue weighted by Gasteiger charge is -2.42. The fourth-order valence-electron chi connectivity index (χ4n) is 2.35. The molecule has 0 aromatic rings. The Balaban J connectivity index is 5.35. The van der Waals surface area contributed by atoms with Crippen molar-refractivity contribution in [2.45, 2.75) is 47.6 Å². The number of azide groups is 1. The van der Waals surface area contributed by atoms with E-state index in [1.165, 1.54) is 0 Å². The molecule has 25 heteroatoms. The average molecular weight is 664 g/mol. The van der Waals surface area contributed by atoms with Crippen LogP contribution in [0.25, 0.3) is 10.4 Å². The highest BCUT2D eigenvalue weighted by Crippen LogP contribution is 2.63. The highest BCUT2D eigenvalue weighted by Gasteiger charge is 2.95. The van der Waals surface area contributed by atoms with E-state index >= 15 is 0 Å². The van der Waals surface area contributed by atoms with Crippen molar-refractivity contribution in [3.8, 4) is 0 Å². The highest BCUT2D eigenvalue weighted by molar-refractivity contribution is 5.84. The first-order chi connectivity index (χ1) is 18.7. The Morgan fingerprint density at radius 1 is 0.571 bits per heavy atom. The first-order valence-electron chi connectivity index (χ1n) is 10.5. The number of alkyl halides is 17. The monoisotopic (exact) mass is 664 g/mol. The summed E-state index contributed by atoms with van der Waals surface area (Å²) in [6, 6.07) is 0. The SMILES string of the molecule is [N-]=[N+]=NCCOCCOCCOCCNC(=O)C(F)(F)C(F)(F)C(F)(F)C(F)(F)C(F)(F)C(F)(F)C(F)(F)C(F)(F)F. The van der Waals surface area contributed by atoms with Crippen molar-refractivity contribution in [3.63, 3.8) is 0 Å². The van der Waals surface area contributed by atoms with Crippen LogP contribution in [0, 0.1) is 0 Å². The summed E-state index contributed by atoms with van der Waals surface area (Å²) in [4.78, 5) is 13.7. The minimum atomic E-state index is -8.77. The molecule has 0 spiro atoms. The lowest BCUT2D eigenvalue weighted by molar-refractivity contribution is -0.459. The summed E-state index contributed by atoms with van der Waals surface area (Å²) in [5.74, 6) is -61.9. The third-order valence-electron chi connectivity index (χ3n) is 4.68. The van der Waals surface area contributed by atoms with Gasteiger partial charge in [-0.25, -0.2) is 0 Å². The van der Waals surface area contributed by atoms with Gasteiger partial charge in [0.15, 0.2) is 0 Å². The maximum Gasteiger partial charge on any atom is 0.460 e. The molecule has 0 bridgehead atoms. The molecule has 42 heavy (non-hydrogen) atoms. The quantitative estimate of drug-likeness (QED) is 0.0650. The number of nitrogens with zero attached hydrogens (tertiary/aromatic N) is 3. The minimum absolute atomic E-state index is 0.00168. The van der Waals surface area contributed by atoms with Crippen LogP contribution in [-0.4, -0.2) is 106 Å². The van der Waals surface area contributed by atoms with E-state index in [4.69, 9.17) is 15.0 Å². The van der Waals surface area contributed by atoms with Gasteiger partial charge in [-0.15, -0.1) is 0 Å². The number of carbonyl (C=O) groups excluding carboxylic acids is 1. The Morgan fingerprint density at radius 2 is 0.929 bits per heavy atom. The number of ether oxygens (including phenoxy) is 3. The van der Waals surface area contributed by atoms with Crippen molar-refractivity contribution < 1.29 is 93.6 Å². The zero-order valence-corrected chi connectivity index (χ0v) is 20.1. The van der Waals surface area contributed by atoms with Crippen LogP contribution in [0.5, 0.6) is 0 Å². The number of hydrogen-bond donors (Lipinski definition) is 1. The first-order valence-corrected chi connectivity index (χ1v) is 10.5. The largest absolute Gasteiger partial charge is 0.460 e. The smallest absolute Gasteiger partial charge is 0.379 e. The van der Waals surface area contributed by atoms with Gasteiger partial charge in [-0.3, -0.25) is 4.79 Å². The van der Waals surface area contributed by atoms with Gasteiger partial charge in [0.25, 0.3) is 5.91 Å². The molecule has 248 valence electrons. The summed E-state index contributed by atoms with van der Waals surface area (Å²) >= 11 is 0. The van der Waals surface area contributed by atoms with Gasteiger partial charge in [0.1, 0.15) is 0 Å². The third-order valence-corrected chi connectivity index (χ3v) is 4.68. The summed E-state index contributed by atoms with van der Waals surface area (Å²) in [6.07, 6.45) is -7.85. The molecular weight excluding hydrogens is 647 g/mol. The zero-order chi connectivity index (χ0) is 33.5. The summed E-state index contributed by atoms with van der Waals surface area (Å²) in [5.41, 5.74) is 8.00. The van der Waals surface area contributed by atoms with E-state index in [-0.39, 0.29) is 33.0 Å². The molecular formula is C17H17F17N4O4. The number of hydrogen-bond acceptors (Lipinski definition) is 5. The molecule has 0 aliphatic carbocycles. The van der Waals surface area contributed by atoms with Crippen LogP contribution < -0.4 is 5.32 Å². The fourth-order valence-corrected chi connectivity index (χ4v) is 2.35. The zero-order valence-electron chi connectivity index (χ0n) is 20.1. The topological polar surface area (TPSA) is 106 Å². The van der Waals surface area contributed by atoms with Crippen LogP contribution in [0.2, 0.25) is 0 Å². The Bertz CT molecular complexity index is 939. The van der Waals surface area contributed by atoms with Gasteiger partial charge in [0.2, 0.25) is 0 Å². The Morgan fingerprint density at radius 3 is 1.33 bits per heavy atom. The van der Waals surface area contributed by atoms with E-state index in [1.807, 2.05) is 0 Å². The summed E-state index contributed by atoms with van der Waals surface area (Å²) < 4.78 is 239. The predicted octanol–water partition coefficient (Wildman–Crippen LogP) is 5.47. The van der Waals surface area contributed by atoms with E-state index in [1.54, 1.807) is 0 Å². The second-order valence-corrected chi connectivity index (χ2v) is 7.57. The highest BCUT2D eigenvalue weighted by atomic mass is 19.4. The molecule has 0 aromatic heterocycles. The summed E-state index contributed by atoms with van der Waals surface area (Å²) in [6.45, 7) is -2.86. The molecule has 0 saturated carbocycles. The maximum absolute atomic E-state index is 13.7. The average Bonchev–Trinajstić information content (AvgIpc) is 2.85. The normalized spacial score (nSPS) is 14.5. The molecule has 0 aliphatic heterocycles. The van der Waals surface area contributed by atoms with E-state index in [2.05, 4.69) is 14.8 Å². The molecule has 0 atom stereocenters. The van der Waals surface area contributed by atoms with E-state index in [9.17, 15) is 79.4 Å². The molecule has 0 rings (SSSR count). The molecule has 0 fully saturated rings. The van der Waals surface area contributed by atoms with E-state index in [0.717, 1.165) is 5.32 Å². The van der Waals surface area contributed by atoms with Crippen molar-refractivity contribution in [2.75, 3.05) is 52.7 Å². The van der Waals surface area contributed by atoms with Crippen molar-refractivity contribution in [2.24, 2.45) is 5.11 Å². The van der Waals surface area contributed by atoms with Gasteiger partial charge in [-0.05, 0) is 5.53 Å². The lowest BCUT2D eigenvalue weighted by atomic mass is 9.89. The molecule has 0 heterocycles. The van der Waals surface area contributed by atoms with Crippen molar-refractivity contribution in [1.29, 1.82) is 0 Å². The van der Waals surface area contributed by atoms with Crippen LogP contribution in [-0.2, 0) is 19.0 Å². The van der Waals surface area contributed by atoms with Crippen LogP contribution in [0.1, 0.15) is 0 Å². The predicted molar refractivity (Wildman–Crippen MR) is 100 cm³/mol. The van der Waals surface area contributed by atoms with Crippen LogP contribution in [0.15, 0.2) is 5.11 Å². The van der Waals surface area contributed by atoms with Crippen LogP contribution >= 0.6 is 0 Å². The van der Waals surface area contributed by atoms with Crippen LogP contribution in [0.4, 0.5) is 74.6 Å². The van der Waals surface area contributed by atoms with Gasteiger partial charge < -0.3 is 19.5 Å². The molecule has 0 saturated heterocycles. The lowest BCUT2D eigenvalue weighted by Crippen LogP contribution is -2.75. The minimum Gasteiger partial charge on any atom is -0.379 e. The second kappa shape index (κ2) is 13.8. The molecule has 0 aliphatic rings. The Labute approximate surface area is 222 Å². The number of halogens is 17. The number of amides is 1. The Kier molecular flexibility index (Phi) is 13.0. The number of nitrogens with one attached hydrogen (secondary N) is 1. The standard InChI is InChI=1S/C17H17F17N4O4/c18-10(19,9(39)36-1-3-40-5-7-42-8-6-41-4-2-37-38-35)11(20,21)12(22,23)13(24,25)14(26,27)15(28,29)16(30,31)17(32,33)34/h1-8H2,(H,36,39). The molecule has 0 unspecified atom stereocenters. The maximum atomic E-state index is 13.7. The third kappa shape index (κ3) is 7.51. The first kappa shape index (κ1) is 39.5. The van der Waals surface area contributed by atoms with Gasteiger partial charge in [0.05, 0.1) is 39.6 Å². The molecule has 8 nitrogen and oxygen atoms in total. The fraction of sp³-hybridized carbons (Fsp3) is 0.941. The van der Waals surface area contributed by atoms with E-state index < -0.39 is 73.3 Å². The molecule has 1 amide bonds. The summed E-state index contributed by atoms with van der Waals surface area (Å²) in [5, 5.41) is 3.86. The number of carbonyl (C=O) groups is 1. The van der Waals surface area contributed by atoms with Gasteiger partial charge >= 0.3 is 47.6 Å². The van der Waals surface area contributed by atoms with Gasteiger partial charge in [-0.2, -0.15) is 74.6 Å². The van der Waals surface area contributed by atoms with Crippen molar-refractivity contribution >= 4 is 5.91 Å². The summed E-state index contributed by atoms with van der Waals surface area (Å²) in [7, 11) is 0. The van der Waals surface area contributed by atoms with Crippen LogP contribution in [0.3, 0.4) is 0 Å². The second-order valence-electron chi connectivity index (χ2n) is 7.57. The van der Waals surface area contributed by atoms with Gasteiger partial charge in [-0.1, -0.05) is 5.11 Å². The van der Waals surface area contributed by atoms with E-state index in [0.29, 0.717) is 0 Å². The van der Waals surface area contributed by atoms with Gasteiger partial charge in [0, 0.05) is 18.0 Å². The Hall–Kier alpha value is -2.53.